The van der Waals surface area contributed by atoms with E-state index < -0.39 is 0 Å². The summed E-state index contributed by atoms with van der Waals surface area (Å²) in [6.45, 7) is 7.70. The lowest BCUT2D eigenvalue weighted by Crippen LogP contribution is -2.52. The summed E-state index contributed by atoms with van der Waals surface area (Å²) < 4.78 is 6.73. The van der Waals surface area contributed by atoms with Crippen molar-refractivity contribution in [3.05, 3.63) is 47.2 Å². The van der Waals surface area contributed by atoms with Crippen LogP contribution >= 0.6 is 0 Å². The number of nitrogens with zero attached hydrogens (tertiary/aromatic N) is 5. The Labute approximate surface area is 260 Å². The number of rotatable bonds is 6. The molecule has 4 saturated heterocycles. The minimum Gasteiger partial charge on any atom is -0.508 e. The molecule has 6 aliphatic rings. The number of aromatic nitrogens is 2. The van der Waals surface area contributed by atoms with Crippen molar-refractivity contribution in [3.8, 4) is 11.8 Å². The first-order valence-electron chi connectivity index (χ1n) is 17.4. The van der Waals surface area contributed by atoms with E-state index in [4.69, 9.17) is 14.7 Å². The fourth-order valence-corrected chi connectivity index (χ4v) is 10.2. The minimum atomic E-state index is 0.159. The first-order valence-corrected chi connectivity index (χ1v) is 17.4. The minimum absolute atomic E-state index is 0.159. The Morgan fingerprint density at radius 1 is 1.02 bits per heavy atom. The van der Waals surface area contributed by atoms with E-state index in [0.29, 0.717) is 37.0 Å². The van der Waals surface area contributed by atoms with Crippen LogP contribution in [0.2, 0.25) is 0 Å². The van der Waals surface area contributed by atoms with Gasteiger partial charge in [-0.15, -0.1) is 0 Å². The van der Waals surface area contributed by atoms with Crippen LogP contribution in [0.25, 0.3) is 10.8 Å². The van der Waals surface area contributed by atoms with Gasteiger partial charge in [-0.2, -0.15) is 9.97 Å². The Morgan fingerprint density at radius 3 is 2.77 bits per heavy atom. The number of hydrogen-bond acceptors (Lipinski definition) is 8. The van der Waals surface area contributed by atoms with Gasteiger partial charge in [0, 0.05) is 60.5 Å². The van der Waals surface area contributed by atoms with Crippen molar-refractivity contribution in [2.75, 3.05) is 42.6 Å². The number of fused-ring (bicyclic) bond motifs is 7. The molecule has 0 radical (unpaired) electrons. The van der Waals surface area contributed by atoms with Gasteiger partial charge in [-0.05, 0) is 87.3 Å². The van der Waals surface area contributed by atoms with E-state index in [9.17, 15) is 5.11 Å². The van der Waals surface area contributed by atoms with Crippen LogP contribution in [0.15, 0.2) is 30.3 Å². The van der Waals surface area contributed by atoms with Crippen molar-refractivity contribution in [1.82, 2.24) is 20.2 Å². The third-order valence-electron chi connectivity index (χ3n) is 12.1. The normalized spacial score (nSPS) is 31.0. The largest absolute Gasteiger partial charge is 0.508 e. The van der Waals surface area contributed by atoms with E-state index in [2.05, 4.69) is 45.1 Å². The van der Waals surface area contributed by atoms with Gasteiger partial charge in [0.15, 0.2) is 0 Å². The van der Waals surface area contributed by atoms with Crippen molar-refractivity contribution >= 4 is 22.3 Å². The molecule has 2 bridgehead atoms. The second-order valence-electron chi connectivity index (χ2n) is 14.6. The Kier molecular flexibility index (Phi) is 6.49. The second kappa shape index (κ2) is 10.5. The van der Waals surface area contributed by atoms with Gasteiger partial charge in [-0.1, -0.05) is 31.5 Å². The van der Waals surface area contributed by atoms with E-state index in [0.717, 1.165) is 67.0 Å². The molecule has 1 aliphatic carbocycles. The number of phenolic OH excluding ortho intramolecular Hbond substituents is 1. The lowest BCUT2D eigenvalue weighted by atomic mass is 9.90. The maximum Gasteiger partial charge on any atom is 0.318 e. The number of benzene rings is 2. The Hall–Kier alpha value is -3.10. The van der Waals surface area contributed by atoms with Crippen molar-refractivity contribution < 1.29 is 9.84 Å². The highest BCUT2D eigenvalue weighted by atomic mass is 16.5. The molecule has 8 nitrogen and oxygen atoms in total. The van der Waals surface area contributed by atoms with E-state index >= 15 is 0 Å². The molecule has 5 atom stereocenters. The molecule has 2 N–H and O–H groups in total. The van der Waals surface area contributed by atoms with Crippen LogP contribution in [0, 0.1) is 5.92 Å². The fraction of sp³-hybridized carbons (Fsp3) is 0.611. The van der Waals surface area contributed by atoms with E-state index in [1.807, 2.05) is 12.1 Å². The van der Waals surface area contributed by atoms with Crippen molar-refractivity contribution in [2.45, 2.75) is 101 Å². The number of ether oxygens (including phenoxy) is 1. The molecule has 2 aromatic carbocycles. The number of nitrogens with one attached hydrogen (secondary N) is 1. The summed E-state index contributed by atoms with van der Waals surface area (Å²) in [5.74, 6) is 2.26. The van der Waals surface area contributed by atoms with Crippen LogP contribution in [-0.4, -0.2) is 76.4 Å². The topological polar surface area (TPSA) is 77.0 Å². The van der Waals surface area contributed by atoms with Crippen LogP contribution in [-0.2, 0) is 19.4 Å². The van der Waals surface area contributed by atoms with Gasteiger partial charge in [0.05, 0.1) is 17.8 Å². The smallest absolute Gasteiger partial charge is 0.318 e. The highest BCUT2D eigenvalue weighted by Crippen LogP contribution is 2.51. The van der Waals surface area contributed by atoms with Crippen LogP contribution in [0.3, 0.4) is 0 Å². The molecular formula is C36H46N6O2. The predicted molar refractivity (Wildman–Crippen MR) is 174 cm³/mol. The highest BCUT2D eigenvalue weighted by Gasteiger charge is 2.55. The van der Waals surface area contributed by atoms with Crippen molar-refractivity contribution in [3.63, 3.8) is 0 Å². The Balaban J connectivity index is 1.07. The summed E-state index contributed by atoms with van der Waals surface area (Å²) in [6.07, 6.45) is 12.2. The molecule has 5 fully saturated rings. The molecule has 6 heterocycles. The summed E-state index contributed by atoms with van der Waals surface area (Å²) in [4.78, 5) is 18.2. The van der Waals surface area contributed by atoms with Crippen LogP contribution in [0.4, 0.5) is 11.5 Å². The van der Waals surface area contributed by atoms with E-state index in [1.54, 1.807) is 0 Å². The first-order chi connectivity index (χ1) is 21.6. The maximum atomic E-state index is 10.7. The number of aryl methyl sites for hydroxylation is 1. The molecule has 9 rings (SSSR count). The van der Waals surface area contributed by atoms with Crippen molar-refractivity contribution in [1.29, 1.82) is 0 Å². The Bertz CT molecular complexity index is 1580. The SMILES string of the molecule is CCc1cccc2cc(O)cc(N3CCc4c(nc(OC[C@@]56CCCN5[C@@H]5CCC[C@@H]5C6)nc4N4CC5CCC(C4)N5)C3)c12. The molecule has 5 aliphatic heterocycles. The van der Waals surface area contributed by atoms with Crippen LogP contribution < -0.4 is 19.9 Å². The highest BCUT2D eigenvalue weighted by molar-refractivity contribution is 5.98. The van der Waals surface area contributed by atoms with Gasteiger partial charge in [-0.3, -0.25) is 4.90 Å². The summed E-state index contributed by atoms with van der Waals surface area (Å²) in [5.41, 5.74) is 4.94. The zero-order chi connectivity index (χ0) is 29.4. The summed E-state index contributed by atoms with van der Waals surface area (Å²) in [5, 5.41) is 16.9. The molecule has 3 aromatic rings. The molecule has 0 amide bonds. The average molecular weight is 595 g/mol. The summed E-state index contributed by atoms with van der Waals surface area (Å²) >= 11 is 0. The first kappa shape index (κ1) is 27.2. The zero-order valence-electron chi connectivity index (χ0n) is 26.1. The monoisotopic (exact) mass is 594 g/mol. The molecule has 0 spiro atoms. The maximum absolute atomic E-state index is 10.7. The van der Waals surface area contributed by atoms with E-state index in [-0.39, 0.29) is 5.54 Å². The zero-order valence-corrected chi connectivity index (χ0v) is 26.1. The number of phenols is 1. The fourth-order valence-electron chi connectivity index (χ4n) is 10.2. The quantitative estimate of drug-likeness (QED) is 0.404. The van der Waals surface area contributed by atoms with Crippen molar-refractivity contribution in [2.24, 2.45) is 5.92 Å². The number of aromatic hydroxyl groups is 1. The summed E-state index contributed by atoms with van der Waals surface area (Å²) in [7, 11) is 0. The van der Waals surface area contributed by atoms with Gasteiger partial charge in [0.2, 0.25) is 0 Å². The number of hydrogen-bond donors (Lipinski definition) is 2. The molecule has 44 heavy (non-hydrogen) atoms. The molecule has 1 aromatic heterocycles. The molecular weight excluding hydrogens is 548 g/mol. The third-order valence-corrected chi connectivity index (χ3v) is 12.1. The van der Waals surface area contributed by atoms with E-state index in [1.165, 1.54) is 74.4 Å². The predicted octanol–water partition coefficient (Wildman–Crippen LogP) is 5.19. The Morgan fingerprint density at radius 2 is 1.91 bits per heavy atom. The number of piperazine rings is 1. The second-order valence-corrected chi connectivity index (χ2v) is 14.6. The van der Waals surface area contributed by atoms with Gasteiger partial charge < -0.3 is 25.0 Å². The lowest BCUT2D eigenvalue weighted by molar-refractivity contribution is 0.0829. The van der Waals surface area contributed by atoms with Crippen LogP contribution in [0.5, 0.6) is 11.8 Å². The average Bonchev–Trinajstić information content (AvgIpc) is 3.80. The van der Waals surface area contributed by atoms with Gasteiger partial charge in [0.1, 0.15) is 18.2 Å². The van der Waals surface area contributed by atoms with Gasteiger partial charge in [0.25, 0.3) is 0 Å². The molecule has 1 saturated carbocycles. The standard InChI is InChI=1S/C36H46N6O2/c1-2-23-6-3-7-24-16-28(43)17-32(33(23)24)40-15-12-29-30(21-40)38-35(39-34(29)41-19-26-10-11-27(20-41)37-26)44-22-36-13-5-14-42(36)31-9-4-8-25(31)18-36/h3,6-7,16-17,25-27,31,37,43H,2,4-5,8-15,18-22H2,1H3/t25-,26?,27?,31-,36+/m1/s1. The van der Waals surface area contributed by atoms with Gasteiger partial charge >= 0.3 is 6.01 Å². The number of anilines is 2. The third kappa shape index (κ3) is 4.38. The molecule has 2 unspecified atom stereocenters. The van der Waals surface area contributed by atoms with Crippen LogP contribution in [0.1, 0.15) is 75.1 Å². The lowest BCUT2D eigenvalue weighted by Gasteiger charge is -2.38. The molecule has 8 heteroatoms. The van der Waals surface area contributed by atoms with Gasteiger partial charge in [-0.25, -0.2) is 0 Å². The molecule has 232 valence electrons. The summed E-state index contributed by atoms with van der Waals surface area (Å²) in [6, 6.07) is 12.7.